The number of nitrogens with zero attached hydrogens (tertiary/aromatic N) is 4. The Labute approximate surface area is 197 Å². The zero-order valence-corrected chi connectivity index (χ0v) is 19.3. The first-order valence-corrected chi connectivity index (χ1v) is 11.5. The first-order chi connectivity index (χ1) is 16.2. The highest BCUT2D eigenvalue weighted by atomic mass is 32.2. The number of hydrogen-bond donors (Lipinski definition) is 1. The third kappa shape index (κ3) is 5.75. The summed E-state index contributed by atoms with van der Waals surface area (Å²) in [7, 11) is -0.608. The number of carbonyl (C=O) groups excluding carboxylic acids is 1. The van der Waals surface area contributed by atoms with E-state index in [2.05, 4.69) is 10.5 Å². The minimum atomic E-state index is -4.44. The van der Waals surface area contributed by atoms with Crippen LogP contribution in [0.2, 0.25) is 0 Å². The Morgan fingerprint density at radius 1 is 0.971 bits per heavy atom. The number of nitro benzene ring substituents is 1. The summed E-state index contributed by atoms with van der Waals surface area (Å²) in [6.45, 7) is -0.630. The van der Waals surface area contributed by atoms with Crippen molar-refractivity contribution in [3.63, 3.8) is 0 Å². The van der Waals surface area contributed by atoms with Crippen molar-refractivity contribution in [1.82, 2.24) is 5.43 Å². The fraction of sp³-hybridized carbons (Fsp3) is 0.130. The van der Waals surface area contributed by atoms with Crippen LogP contribution < -0.4 is 14.6 Å². The van der Waals surface area contributed by atoms with E-state index in [-0.39, 0.29) is 5.69 Å². The van der Waals surface area contributed by atoms with Gasteiger partial charge in [-0.1, -0.05) is 42.5 Å². The Morgan fingerprint density at radius 2 is 1.59 bits per heavy atom. The second-order valence-corrected chi connectivity index (χ2v) is 9.18. The van der Waals surface area contributed by atoms with Crippen molar-refractivity contribution in [2.24, 2.45) is 5.10 Å². The topological polar surface area (TPSA) is 125 Å². The smallest absolute Gasteiger partial charge is 0.289 e. The van der Waals surface area contributed by atoms with Crippen LogP contribution in [0.4, 0.5) is 17.1 Å². The van der Waals surface area contributed by atoms with E-state index in [1.807, 2.05) is 43.3 Å². The highest BCUT2D eigenvalue weighted by Gasteiger charge is 2.33. The summed E-state index contributed by atoms with van der Waals surface area (Å²) in [6, 6.07) is 20.3. The molecule has 1 amide bonds. The Kier molecular flexibility index (Phi) is 7.59. The van der Waals surface area contributed by atoms with Gasteiger partial charge in [-0.15, -0.1) is 0 Å². The number of anilines is 2. The van der Waals surface area contributed by atoms with Gasteiger partial charge in [0.05, 0.1) is 16.8 Å². The summed E-state index contributed by atoms with van der Waals surface area (Å²) in [5.74, 6) is -0.716. The number of benzene rings is 3. The predicted molar refractivity (Wildman–Crippen MR) is 131 cm³/mol. The number of nitrogens with one attached hydrogen (secondary N) is 1. The number of hydrazone groups is 1. The van der Waals surface area contributed by atoms with Gasteiger partial charge in [0.25, 0.3) is 21.6 Å². The molecule has 0 aromatic heterocycles. The van der Waals surface area contributed by atoms with Crippen molar-refractivity contribution in [2.45, 2.75) is 4.90 Å². The molecule has 0 unspecified atom stereocenters. The minimum absolute atomic E-state index is 0.180. The van der Waals surface area contributed by atoms with Crippen LogP contribution in [-0.2, 0) is 14.8 Å². The van der Waals surface area contributed by atoms with Gasteiger partial charge in [-0.25, -0.2) is 13.8 Å². The Bertz CT molecular complexity index is 1290. The number of sulfonamides is 1. The lowest BCUT2D eigenvalue weighted by Gasteiger charge is -2.23. The molecule has 0 spiro atoms. The molecule has 11 heteroatoms. The number of carbonyl (C=O) groups is 1. The van der Waals surface area contributed by atoms with Gasteiger partial charge in [0.1, 0.15) is 6.54 Å². The van der Waals surface area contributed by atoms with Crippen LogP contribution in [0.25, 0.3) is 0 Å². The van der Waals surface area contributed by atoms with Gasteiger partial charge in [-0.05, 0) is 35.9 Å². The van der Waals surface area contributed by atoms with Gasteiger partial charge < -0.3 is 4.90 Å². The number of hydrogen-bond acceptors (Lipinski definition) is 7. The molecular weight excluding hydrogens is 458 g/mol. The molecule has 3 aromatic carbocycles. The lowest BCUT2D eigenvalue weighted by molar-refractivity contribution is -0.387. The van der Waals surface area contributed by atoms with Crippen LogP contribution in [0.5, 0.6) is 0 Å². The van der Waals surface area contributed by atoms with Crippen LogP contribution in [-0.4, -0.2) is 46.1 Å². The van der Waals surface area contributed by atoms with Gasteiger partial charge in [0.15, 0.2) is 4.90 Å². The molecule has 0 radical (unpaired) electrons. The summed E-state index contributed by atoms with van der Waals surface area (Å²) >= 11 is 0. The molecule has 0 bridgehead atoms. The number of rotatable bonds is 9. The van der Waals surface area contributed by atoms with Gasteiger partial charge in [-0.3, -0.25) is 19.2 Å². The maximum Gasteiger partial charge on any atom is 0.289 e. The molecule has 0 aliphatic carbocycles. The highest BCUT2D eigenvalue weighted by Crippen LogP contribution is 2.29. The number of para-hydroxylation sites is 2. The lowest BCUT2D eigenvalue weighted by Crippen LogP contribution is -2.39. The van der Waals surface area contributed by atoms with Gasteiger partial charge in [-0.2, -0.15) is 5.10 Å². The van der Waals surface area contributed by atoms with Crippen molar-refractivity contribution in [3.8, 4) is 0 Å². The van der Waals surface area contributed by atoms with Crippen molar-refractivity contribution >= 4 is 39.2 Å². The van der Waals surface area contributed by atoms with E-state index in [0.717, 1.165) is 27.7 Å². The van der Waals surface area contributed by atoms with E-state index < -0.39 is 38.0 Å². The molecule has 3 rings (SSSR count). The molecule has 10 nitrogen and oxygen atoms in total. The molecule has 0 heterocycles. The molecule has 0 aliphatic rings. The standard InChI is InChI=1S/C23H23N5O5S/c1-26(2)19-14-12-18(13-15-19)16-24-25-23(29)17-27(20-8-4-3-5-9-20)34(32,33)22-11-7-6-10-21(22)28(30)31/h3-16H,17H2,1-2H3,(H,25,29)/b24-16-. The zero-order valence-electron chi connectivity index (χ0n) is 18.5. The molecular formula is C23H23N5O5S. The first-order valence-electron chi connectivity index (χ1n) is 10.1. The average Bonchev–Trinajstić information content (AvgIpc) is 2.83. The molecule has 0 aliphatic heterocycles. The SMILES string of the molecule is CN(C)c1ccc(/C=N\NC(=O)CN(c2ccccc2)S(=O)(=O)c2ccccc2[N+](=O)[O-])cc1. The number of amides is 1. The van der Waals surface area contributed by atoms with E-state index in [0.29, 0.717) is 0 Å². The fourth-order valence-electron chi connectivity index (χ4n) is 3.06. The summed E-state index contributed by atoms with van der Waals surface area (Å²) in [5, 5.41) is 15.3. The van der Waals surface area contributed by atoms with E-state index in [4.69, 9.17) is 0 Å². The Morgan fingerprint density at radius 3 is 2.21 bits per heavy atom. The minimum Gasteiger partial charge on any atom is -0.378 e. The normalized spacial score (nSPS) is 11.2. The zero-order chi connectivity index (χ0) is 24.7. The Hall–Kier alpha value is -4.25. The van der Waals surface area contributed by atoms with Crippen LogP contribution in [0.15, 0.2) is 88.9 Å². The first kappa shape index (κ1) is 24.4. The van der Waals surface area contributed by atoms with E-state index in [9.17, 15) is 23.3 Å². The van der Waals surface area contributed by atoms with Crippen molar-refractivity contribution < 1.29 is 18.1 Å². The van der Waals surface area contributed by atoms with E-state index >= 15 is 0 Å². The molecule has 1 N–H and O–H groups in total. The summed E-state index contributed by atoms with van der Waals surface area (Å²) in [4.78, 5) is 24.6. The van der Waals surface area contributed by atoms with Crippen molar-refractivity contribution in [3.05, 3.63) is 94.5 Å². The summed E-state index contributed by atoms with van der Waals surface area (Å²) in [6.07, 6.45) is 1.43. The molecule has 0 atom stereocenters. The molecule has 0 saturated carbocycles. The maximum atomic E-state index is 13.4. The van der Waals surface area contributed by atoms with E-state index in [1.54, 1.807) is 18.2 Å². The molecule has 3 aromatic rings. The van der Waals surface area contributed by atoms with Gasteiger partial charge in [0.2, 0.25) is 0 Å². The van der Waals surface area contributed by atoms with Crippen LogP contribution in [0.3, 0.4) is 0 Å². The monoisotopic (exact) mass is 481 g/mol. The number of nitro groups is 1. The predicted octanol–water partition coefficient (Wildman–Crippen LogP) is 3.01. The second-order valence-electron chi connectivity index (χ2n) is 7.35. The quantitative estimate of drug-likeness (QED) is 0.285. The molecule has 34 heavy (non-hydrogen) atoms. The molecule has 0 saturated heterocycles. The van der Waals surface area contributed by atoms with Gasteiger partial charge in [0, 0.05) is 25.8 Å². The highest BCUT2D eigenvalue weighted by molar-refractivity contribution is 7.93. The molecule has 176 valence electrons. The van der Waals surface area contributed by atoms with Crippen LogP contribution in [0.1, 0.15) is 5.56 Å². The van der Waals surface area contributed by atoms with Gasteiger partial charge >= 0.3 is 0 Å². The fourth-order valence-corrected chi connectivity index (χ4v) is 4.64. The van der Waals surface area contributed by atoms with Crippen LogP contribution >= 0.6 is 0 Å². The molecule has 0 fully saturated rings. The van der Waals surface area contributed by atoms with Crippen molar-refractivity contribution in [1.29, 1.82) is 0 Å². The summed E-state index contributed by atoms with van der Waals surface area (Å²) in [5.41, 5.74) is 3.64. The third-order valence-corrected chi connectivity index (χ3v) is 6.59. The van der Waals surface area contributed by atoms with E-state index in [1.165, 1.54) is 30.5 Å². The summed E-state index contributed by atoms with van der Waals surface area (Å²) < 4.78 is 27.6. The average molecular weight is 482 g/mol. The van der Waals surface area contributed by atoms with Crippen molar-refractivity contribution in [2.75, 3.05) is 29.8 Å². The Balaban J connectivity index is 1.83. The third-order valence-electron chi connectivity index (χ3n) is 4.77. The lowest BCUT2D eigenvalue weighted by atomic mass is 10.2. The maximum absolute atomic E-state index is 13.4. The second kappa shape index (κ2) is 10.6. The van der Waals surface area contributed by atoms with Crippen LogP contribution in [0, 0.1) is 10.1 Å². The largest absolute Gasteiger partial charge is 0.378 e.